The maximum absolute atomic E-state index is 12.7. The summed E-state index contributed by atoms with van der Waals surface area (Å²) in [5, 5.41) is 2.90. The molecule has 0 unspecified atom stereocenters. The van der Waals surface area contributed by atoms with E-state index in [9.17, 15) is 13.2 Å². The first-order valence-corrected chi connectivity index (χ1v) is 11.5. The summed E-state index contributed by atoms with van der Waals surface area (Å²) >= 11 is 1.34. The van der Waals surface area contributed by atoms with Crippen LogP contribution in [-0.4, -0.2) is 21.1 Å². The van der Waals surface area contributed by atoms with Gasteiger partial charge in [-0.1, -0.05) is 18.2 Å². The van der Waals surface area contributed by atoms with Crippen molar-refractivity contribution in [3.63, 3.8) is 0 Å². The molecule has 8 heteroatoms. The molecule has 3 aromatic rings. The van der Waals surface area contributed by atoms with E-state index in [0.717, 1.165) is 16.0 Å². The number of amides is 1. The van der Waals surface area contributed by atoms with Crippen LogP contribution in [0.15, 0.2) is 47.4 Å². The van der Waals surface area contributed by atoms with Gasteiger partial charge in [0.1, 0.15) is 0 Å². The van der Waals surface area contributed by atoms with Crippen molar-refractivity contribution in [3.8, 4) is 21.9 Å². The molecule has 148 valence electrons. The van der Waals surface area contributed by atoms with Gasteiger partial charge < -0.3 is 14.8 Å². The minimum atomic E-state index is -3.40. The molecule has 0 saturated heterocycles. The first-order valence-electron chi connectivity index (χ1n) is 9.04. The predicted molar refractivity (Wildman–Crippen MR) is 109 cm³/mol. The fraction of sp³-hybridized carbons (Fsp3) is 0.190. The molecule has 5 rings (SSSR count). The summed E-state index contributed by atoms with van der Waals surface area (Å²) in [6.45, 7) is 2.43. The highest BCUT2D eigenvalue weighted by Crippen LogP contribution is 2.44. The van der Waals surface area contributed by atoms with Crippen LogP contribution >= 0.6 is 11.3 Å². The van der Waals surface area contributed by atoms with Crippen molar-refractivity contribution in [2.45, 2.75) is 24.1 Å². The molecule has 1 amide bonds. The van der Waals surface area contributed by atoms with E-state index in [4.69, 9.17) is 9.47 Å². The van der Waals surface area contributed by atoms with Crippen molar-refractivity contribution in [2.24, 2.45) is 0 Å². The van der Waals surface area contributed by atoms with Crippen molar-refractivity contribution < 1.29 is 22.7 Å². The zero-order chi connectivity index (χ0) is 20.2. The number of ether oxygens (including phenoxy) is 2. The third-order valence-electron chi connectivity index (χ3n) is 5.07. The van der Waals surface area contributed by atoms with E-state index >= 15 is 0 Å². The molecule has 2 aliphatic rings. The Bertz CT molecular complexity index is 1260. The molecule has 0 saturated carbocycles. The Morgan fingerprint density at radius 1 is 1.14 bits per heavy atom. The summed E-state index contributed by atoms with van der Waals surface area (Å²) in [6.07, 6.45) is 0. The van der Waals surface area contributed by atoms with Gasteiger partial charge in [0.05, 0.1) is 15.5 Å². The number of hydrogen-bond acceptors (Lipinski definition) is 6. The van der Waals surface area contributed by atoms with Gasteiger partial charge in [0.15, 0.2) is 21.3 Å². The van der Waals surface area contributed by atoms with Crippen LogP contribution in [0.3, 0.4) is 0 Å². The van der Waals surface area contributed by atoms with Crippen molar-refractivity contribution in [1.29, 1.82) is 0 Å². The highest BCUT2D eigenvalue weighted by Gasteiger charge is 2.31. The van der Waals surface area contributed by atoms with Crippen LogP contribution < -0.4 is 14.8 Å². The summed E-state index contributed by atoms with van der Waals surface area (Å²) in [7, 11) is -3.40. The Balaban J connectivity index is 1.41. The number of aryl methyl sites for hydroxylation is 1. The second-order valence-electron chi connectivity index (χ2n) is 7.04. The number of sulfone groups is 1. The highest BCUT2D eigenvalue weighted by atomic mass is 32.2. The molecule has 2 aromatic carbocycles. The number of nitrogens with one attached hydrogen (secondary N) is 1. The van der Waals surface area contributed by atoms with Crippen LogP contribution in [0.1, 0.15) is 26.4 Å². The average molecular weight is 428 g/mol. The molecular formula is C21H17NO5S2. The molecule has 0 aliphatic carbocycles. The number of hydrogen-bond donors (Lipinski definition) is 1. The van der Waals surface area contributed by atoms with Gasteiger partial charge in [-0.2, -0.15) is 0 Å². The summed E-state index contributed by atoms with van der Waals surface area (Å²) in [4.78, 5) is 14.4. The smallest absolute Gasteiger partial charge is 0.261 e. The molecule has 3 heterocycles. The number of fused-ring (bicyclic) bond motifs is 4. The van der Waals surface area contributed by atoms with Gasteiger partial charge in [-0.05, 0) is 47.9 Å². The second kappa shape index (κ2) is 6.60. The van der Waals surface area contributed by atoms with E-state index in [2.05, 4.69) is 5.32 Å². The normalized spacial score (nSPS) is 15.5. The summed E-state index contributed by atoms with van der Waals surface area (Å²) < 4.78 is 36.0. The number of benzene rings is 2. The van der Waals surface area contributed by atoms with Crippen molar-refractivity contribution in [1.82, 2.24) is 5.32 Å². The fourth-order valence-corrected chi connectivity index (χ4v) is 6.68. The van der Waals surface area contributed by atoms with E-state index in [-0.39, 0.29) is 18.5 Å². The van der Waals surface area contributed by atoms with Crippen molar-refractivity contribution in [2.75, 3.05) is 6.79 Å². The Morgan fingerprint density at radius 2 is 1.97 bits per heavy atom. The lowest BCUT2D eigenvalue weighted by atomic mass is 10.0. The quantitative estimate of drug-likeness (QED) is 0.690. The summed E-state index contributed by atoms with van der Waals surface area (Å²) in [5.41, 5.74) is 3.19. The first kappa shape index (κ1) is 18.2. The molecule has 29 heavy (non-hydrogen) atoms. The van der Waals surface area contributed by atoms with Crippen LogP contribution in [0.25, 0.3) is 10.4 Å². The lowest BCUT2D eigenvalue weighted by Gasteiger charge is -2.18. The van der Waals surface area contributed by atoms with E-state index in [1.165, 1.54) is 11.3 Å². The molecular weight excluding hydrogens is 410 g/mol. The number of thiophene rings is 1. The molecule has 1 N–H and O–H groups in total. The maximum atomic E-state index is 12.7. The third-order valence-corrected chi connectivity index (χ3v) is 7.96. The molecule has 6 nitrogen and oxygen atoms in total. The average Bonchev–Trinajstić information content (AvgIpc) is 3.32. The second-order valence-corrected chi connectivity index (χ2v) is 10.1. The Hall–Kier alpha value is -2.84. The molecule has 0 spiro atoms. The van der Waals surface area contributed by atoms with Gasteiger partial charge in [0.25, 0.3) is 5.91 Å². The van der Waals surface area contributed by atoms with E-state index in [1.807, 2.05) is 31.2 Å². The molecule has 0 fully saturated rings. The van der Waals surface area contributed by atoms with Crippen molar-refractivity contribution in [3.05, 3.63) is 64.0 Å². The zero-order valence-electron chi connectivity index (χ0n) is 15.5. The van der Waals surface area contributed by atoms with Crippen LogP contribution in [0, 0.1) is 6.92 Å². The van der Waals surface area contributed by atoms with Gasteiger partial charge in [-0.15, -0.1) is 11.3 Å². The third kappa shape index (κ3) is 3.08. The van der Waals surface area contributed by atoms with Gasteiger partial charge in [-0.3, -0.25) is 4.79 Å². The number of rotatable bonds is 3. The van der Waals surface area contributed by atoms with Crippen molar-refractivity contribution >= 4 is 27.1 Å². The Kier molecular flexibility index (Phi) is 4.15. The van der Waals surface area contributed by atoms with Gasteiger partial charge in [0, 0.05) is 17.0 Å². The SMILES string of the molecule is Cc1cccc2c1-c1sc(C(=O)NCc3ccc4c(c3)OCO4)cc1CS2(=O)=O. The van der Waals surface area contributed by atoms with Crippen LogP contribution in [-0.2, 0) is 22.1 Å². The number of carbonyl (C=O) groups excluding carboxylic acids is 1. The van der Waals surface area contributed by atoms with E-state index < -0.39 is 9.84 Å². The van der Waals surface area contributed by atoms with Gasteiger partial charge in [0.2, 0.25) is 6.79 Å². The highest BCUT2D eigenvalue weighted by molar-refractivity contribution is 7.91. The molecule has 0 radical (unpaired) electrons. The van der Waals surface area contributed by atoms with Crippen LogP contribution in [0.5, 0.6) is 11.5 Å². The standard InChI is InChI=1S/C21H17NO5S2/c1-12-3-2-4-18-19(12)20-14(10-29(18,24)25)8-17(28-20)21(23)22-9-13-5-6-15-16(7-13)27-11-26-15/h2-8H,9-11H2,1H3,(H,22,23). The minimum Gasteiger partial charge on any atom is -0.454 e. The fourth-order valence-electron chi connectivity index (χ4n) is 3.65. The molecule has 0 bridgehead atoms. The lowest BCUT2D eigenvalue weighted by molar-refractivity contribution is 0.0955. The topological polar surface area (TPSA) is 81.7 Å². The van der Waals surface area contributed by atoms with Gasteiger partial charge in [-0.25, -0.2) is 8.42 Å². The Labute approximate surface area is 172 Å². The minimum absolute atomic E-state index is 0.0786. The maximum Gasteiger partial charge on any atom is 0.261 e. The lowest BCUT2D eigenvalue weighted by Crippen LogP contribution is -2.21. The van der Waals surface area contributed by atoms with Crippen LogP contribution in [0.2, 0.25) is 0 Å². The first-order chi connectivity index (χ1) is 13.9. The molecule has 0 atom stereocenters. The Morgan fingerprint density at radius 3 is 2.83 bits per heavy atom. The summed E-state index contributed by atoms with van der Waals surface area (Å²) in [5.74, 6) is 1.06. The molecule has 2 aliphatic heterocycles. The number of carbonyl (C=O) groups is 1. The van der Waals surface area contributed by atoms with Gasteiger partial charge >= 0.3 is 0 Å². The van der Waals surface area contributed by atoms with E-state index in [0.29, 0.717) is 38.9 Å². The van der Waals surface area contributed by atoms with Crippen LogP contribution in [0.4, 0.5) is 0 Å². The molecule has 1 aromatic heterocycles. The zero-order valence-corrected chi connectivity index (χ0v) is 17.2. The monoisotopic (exact) mass is 427 g/mol. The predicted octanol–water partition coefficient (Wildman–Crippen LogP) is 3.67. The largest absolute Gasteiger partial charge is 0.454 e. The van der Waals surface area contributed by atoms with E-state index in [1.54, 1.807) is 18.2 Å². The summed E-state index contributed by atoms with van der Waals surface area (Å²) in [6, 6.07) is 12.5.